The molecule has 2 heterocycles. The average molecular weight is 1220 g/mol. The quantitative estimate of drug-likeness (QED) is 0.0842. The van der Waals surface area contributed by atoms with Gasteiger partial charge in [-0.15, -0.1) is 23.5 Å². The van der Waals surface area contributed by atoms with Crippen LogP contribution in [0.4, 0.5) is 0 Å². The van der Waals surface area contributed by atoms with E-state index in [-0.39, 0.29) is 43.3 Å². The molecule has 0 saturated carbocycles. The molecule has 10 rings (SSSR count). The Morgan fingerprint density at radius 1 is 0.315 bits per heavy atom. The first kappa shape index (κ1) is 65.6. The first-order valence-corrected chi connectivity index (χ1v) is 34.6. The van der Waals surface area contributed by atoms with Crippen LogP contribution < -0.4 is 0 Å². The zero-order valence-corrected chi connectivity index (χ0v) is 59.6. The van der Waals surface area contributed by atoms with Gasteiger partial charge < -0.3 is 19.3 Å². The van der Waals surface area contributed by atoms with Crippen LogP contribution in [-0.2, 0) is 32.5 Å². The van der Waals surface area contributed by atoms with E-state index < -0.39 is 0 Å². The van der Waals surface area contributed by atoms with Crippen LogP contribution in [-0.4, -0.2) is 30.9 Å². The summed E-state index contributed by atoms with van der Waals surface area (Å²) in [6.45, 7) is 50.9. The van der Waals surface area contributed by atoms with Gasteiger partial charge in [0.1, 0.15) is 11.5 Å². The number of hydrogen-bond acceptors (Lipinski definition) is 4. The predicted octanol–water partition coefficient (Wildman–Crippen LogP) is 24.5. The van der Waals surface area contributed by atoms with Crippen molar-refractivity contribution in [3.63, 3.8) is 0 Å². The van der Waals surface area contributed by atoms with Crippen molar-refractivity contribution in [3.05, 3.63) is 179 Å². The molecule has 2 N–H and O–H groups in total. The molecule has 468 valence electrons. The number of phenols is 2. The van der Waals surface area contributed by atoms with Gasteiger partial charge in [-0.25, -0.2) is 0 Å². The Labute approximate surface area is 543 Å². The lowest BCUT2D eigenvalue weighted by Gasteiger charge is -2.34. The Kier molecular flexibility index (Phi) is 17.3. The molecular formula is C83H102N2O2S2. The van der Waals surface area contributed by atoms with Crippen LogP contribution in [0, 0.1) is 10.8 Å². The lowest BCUT2D eigenvalue weighted by Crippen LogP contribution is -2.25. The van der Waals surface area contributed by atoms with Crippen molar-refractivity contribution in [2.75, 3.05) is 11.5 Å². The SMILES string of the molecule is CC(C)(C)CC(C)(C)c1cc(-c2ccccc2SCCCSc2ccccc2-c2cc(C(C)(C)CC(C)(C)C)cc(-n3c4ccc(C(C)(C)C)cc4c4cc(C(C)(C)C)ccc43)c2O)c(O)c(-n2c3ccc(C(C)(C)C)cc3c3cc(C(C)(C)C)ccc32)c1. The highest BCUT2D eigenvalue weighted by molar-refractivity contribution is 8.00. The highest BCUT2D eigenvalue weighted by Crippen LogP contribution is 2.51. The lowest BCUT2D eigenvalue weighted by molar-refractivity contribution is 0.283. The van der Waals surface area contributed by atoms with Gasteiger partial charge in [-0.3, -0.25) is 0 Å². The van der Waals surface area contributed by atoms with Crippen LogP contribution in [0.5, 0.6) is 11.5 Å². The van der Waals surface area contributed by atoms with Crippen molar-refractivity contribution >= 4 is 67.1 Å². The molecule has 0 bridgehead atoms. The Bertz CT molecular complexity index is 3890. The van der Waals surface area contributed by atoms with Crippen molar-refractivity contribution in [1.82, 2.24) is 9.13 Å². The van der Waals surface area contributed by atoms with E-state index in [9.17, 15) is 10.2 Å². The molecule has 0 aliphatic heterocycles. The summed E-state index contributed by atoms with van der Waals surface area (Å²) in [6.07, 6.45) is 2.89. The van der Waals surface area contributed by atoms with Gasteiger partial charge in [-0.1, -0.05) is 213 Å². The van der Waals surface area contributed by atoms with Crippen molar-refractivity contribution < 1.29 is 10.2 Å². The van der Waals surface area contributed by atoms with Gasteiger partial charge in [0, 0.05) is 42.5 Å². The number of rotatable bonds is 14. The summed E-state index contributed by atoms with van der Waals surface area (Å²) in [7, 11) is 0. The lowest BCUT2D eigenvalue weighted by atomic mass is 9.71. The maximum Gasteiger partial charge on any atom is 0.147 e. The van der Waals surface area contributed by atoms with Gasteiger partial charge in [-0.05, 0) is 204 Å². The van der Waals surface area contributed by atoms with E-state index in [1.54, 1.807) is 0 Å². The van der Waals surface area contributed by atoms with Crippen molar-refractivity contribution in [2.24, 2.45) is 10.8 Å². The second-order valence-electron chi connectivity index (χ2n) is 33.7. The maximum atomic E-state index is 13.1. The molecule has 8 aromatic carbocycles. The van der Waals surface area contributed by atoms with E-state index in [0.29, 0.717) is 11.5 Å². The third kappa shape index (κ3) is 13.5. The van der Waals surface area contributed by atoms with Crippen molar-refractivity contribution in [2.45, 2.75) is 214 Å². The van der Waals surface area contributed by atoms with Gasteiger partial charge in [0.05, 0.1) is 33.4 Å². The number of aromatic hydroxyl groups is 2. The number of benzene rings is 8. The molecule has 0 fully saturated rings. The molecule has 2 aromatic heterocycles. The van der Waals surface area contributed by atoms with Crippen molar-refractivity contribution in [3.8, 4) is 45.1 Å². The minimum atomic E-state index is -0.205. The fourth-order valence-electron chi connectivity index (χ4n) is 14.1. The van der Waals surface area contributed by atoms with E-state index in [2.05, 4.69) is 307 Å². The third-order valence-corrected chi connectivity index (χ3v) is 20.6. The number of fused-ring (bicyclic) bond motifs is 6. The molecule has 0 aliphatic carbocycles. The number of nitrogens with zero attached hydrogens (tertiary/aromatic N) is 2. The smallest absolute Gasteiger partial charge is 0.147 e. The summed E-state index contributed by atoms with van der Waals surface area (Å²) < 4.78 is 4.67. The topological polar surface area (TPSA) is 50.3 Å². The van der Waals surface area contributed by atoms with Gasteiger partial charge in [0.2, 0.25) is 0 Å². The van der Waals surface area contributed by atoms with Crippen molar-refractivity contribution in [1.29, 1.82) is 0 Å². The molecule has 0 atom stereocenters. The molecule has 0 amide bonds. The van der Waals surface area contributed by atoms with E-state index in [1.165, 1.54) is 54.9 Å². The third-order valence-electron chi connectivity index (χ3n) is 18.3. The molecule has 0 spiro atoms. The molecule has 0 unspecified atom stereocenters. The number of thioether (sulfide) groups is 2. The molecule has 4 nitrogen and oxygen atoms in total. The predicted molar refractivity (Wildman–Crippen MR) is 391 cm³/mol. The van der Waals surface area contributed by atoms with E-state index in [4.69, 9.17) is 0 Å². The Morgan fingerprint density at radius 2 is 0.596 bits per heavy atom. The van der Waals surface area contributed by atoms with Crippen LogP contribution >= 0.6 is 23.5 Å². The van der Waals surface area contributed by atoms with E-state index in [0.717, 1.165) is 96.3 Å². The molecule has 0 radical (unpaired) electrons. The summed E-state index contributed by atoms with van der Waals surface area (Å²) in [5.74, 6) is 2.36. The van der Waals surface area contributed by atoms with Crippen LogP contribution in [0.1, 0.15) is 205 Å². The van der Waals surface area contributed by atoms with Gasteiger partial charge in [-0.2, -0.15) is 0 Å². The largest absolute Gasteiger partial charge is 0.505 e. The molecular weight excluding hydrogens is 1120 g/mol. The van der Waals surface area contributed by atoms with Crippen LogP contribution in [0.3, 0.4) is 0 Å². The second kappa shape index (κ2) is 23.4. The molecule has 10 aromatic rings. The first-order chi connectivity index (χ1) is 41.2. The van der Waals surface area contributed by atoms with Crippen LogP contribution in [0.2, 0.25) is 0 Å². The standard InChI is InChI=1S/C83H102N2O2S2/c1-76(2,3)50-82(19,20)56-46-64(74(86)70(48-56)84-66-36-32-52(78(7,8)9)42-60(66)61-43-53(79(10,11)12)33-37-67(61)84)58-28-23-25-30-72(58)88-40-27-41-89-73-31-26-24-29-59(73)65-47-57(83(21,22)51-77(4,5)6)49-71(75(65)87)85-68-38-34-54(80(13,14)15)44-62(68)63-45-55(81(16,17)18)35-39-69(63)85/h23-26,28-39,42-49,86-87H,27,40-41,50-51H2,1-22H3. The summed E-state index contributed by atoms with van der Waals surface area (Å²) in [5.41, 5.74) is 17.0. The molecule has 6 heteroatoms. The monoisotopic (exact) mass is 1220 g/mol. The van der Waals surface area contributed by atoms with E-state index >= 15 is 0 Å². The Morgan fingerprint density at radius 3 is 0.865 bits per heavy atom. The number of aromatic nitrogens is 2. The fraction of sp³-hybridized carbons (Fsp3) is 0.422. The second-order valence-corrected chi connectivity index (χ2v) is 35.9. The Hall–Kier alpha value is -6.34. The fourth-order valence-corrected chi connectivity index (χ4v) is 16.3. The number of phenolic OH excluding ortho intramolecular Hbond substituents is 2. The van der Waals surface area contributed by atoms with Gasteiger partial charge in [0.15, 0.2) is 0 Å². The van der Waals surface area contributed by atoms with Crippen LogP contribution in [0.25, 0.3) is 77.2 Å². The van der Waals surface area contributed by atoms with Gasteiger partial charge in [0.25, 0.3) is 0 Å². The zero-order valence-electron chi connectivity index (χ0n) is 58.0. The number of hydrogen-bond donors (Lipinski definition) is 2. The van der Waals surface area contributed by atoms with Gasteiger partial charge >= 0.3 is 0 Å². The first-order valence-electron chi connectivity index (χ1n) is 32.6. The molecule has 0 aliphatic rings. The average Bonchev–Trinajstić information content (AvgIpc) is 1.62. The normalized spacial score (nSPS) is 13.5. The summed E-state index contributed by atoms with van der Waals surface area (Å²) >= 11 is 3.74. The Balaban J connectivity index is 1.02. The van der Waals surface area contributed by atoms with E-state index in [1.807, 2.05) is 23.5 Å². The minimum Gasteiger partial charge on any atom is -0.505 e. The summed E-state index contributed by atoms with van der Waals surface area (Å²) in [5, 5.41) is 31.0. The zero-order chi connectivity index (χ0) is 64.9. The molecule has 0 saturated heterocycles. The summed E-state index contributed by atoms with van der Waals surface area (Å²) in [6, 6.07) is 54.3. The maximum absolute atomic E-state index is 13.1. The highest BCUT2D eigenvalue weighted by Gasteiger charge is 2.34. The van der Waals surface area contributed by atoms with Crippen LogP contribution in [0.15, 0.2) is 155 Å². The molecule has 89 heavy (non-hydrogen) atoms. The minimum absolute atomic E-state index is 0.0311. The summed E-state index contributed by atoms with van der Waals surface area (Å²) in [4.78, 5) is 2.30. The highest BCUT2D eigenvalue weighted by atomic mass is 32.2.